The third-order valence-electron chi connectivity index (χ3n) is 13.2. The topological polar surface area (TPSA) is 140 Å². The Kier molecular flexibility index (Phi) is 10.0. The van der Waals surface area contributed by atoms with Gasteiger partial charge in [0.05, 0.1) is 18.2 Å². The molecular formula is C36H58N2O7. The summed E-state index contributed by atoms with van der Waals surface area (Å²) in [5.41, 5.74) is 5.57. The van der Waals surface area contributed by atoms with Gasteiger partial charge in [0, 0.05) is 25.2 Å². The standard InChI is InChI=1S/C36H58N2O7/c1-4-21(2)33(41)45-35(3)17-23-7-5-6-8-28(23)32(24-9-10-31(37)38-19-24)36(35)18-27-15-25-14-26(13-22(20-40)11-12-39)34(42)43-29(25)16-30(27)44-36/h4,22-32,38-40H,5-20,37H2,1-3H3/t22-,23?,24?,25?,26?,27?,28?,29?,30?,31?,32-,35-,36+/m1/s1. The number of esters is 2. The molecule has 9 nitrogen and oxygen atoms in total. The fraction of sp³-hybridized carbons (Fsp3) is 0.889. The second-order valence-electron chi connectivity index (χ2n) is 15.8. The zero-order valence-electron chi connectivity index (χ0n) is 27.8. The lowest BCUT2D eigenvalue weighted by atomic mass is 9.49. The van der Waals surface area contributed by atoms with Gasteiger partial charge in [-0.25, -0.2) is 4.79 Å². The summed E-state index contributed by atoms with van der Waals surface area (Å²) in [4.78, 5) is 26.7. The number of nitrogens with two attached hydrogens (primary N) is 1. The molecule has 5 N–H and O–H groups in total. The first-order valence-electron chi connectivity index (χ1n) is 18.1. The third-order valence-corrected chi connectivity index (χ3v) is 13.2. The zero-order chi connectivity index (χ0) is 31.9. The van der Waals surface area contributed by atoms with E-state index in [4.69, 9.17) is 19.9 Å². The minimum absolute atomic E-state index is 0.00457. The van der Waals surface area contributed by atoms with Gasteiger partial charge in [-0.1, -0.05) is 25.3 Å². The minimum Gasteiger partial charge on any atom is -0.462 e. The maximum absolute atomic E-state index is 13.6. The first-order chi connectivity index (χ1) is 21.6. The smallest absolute Gasteiger partial charge is 0.334 e. The van der Waals surface area contributed by atoms with Crippen LogP contribution in [0.2, 0.25) is 0 Å². The Morgan fingerprint density at radius 1 is 1.07 bits per heavy atom. The van der Waals surface area contributed by atoms with Gasteiger partial charge in [0.25, 0.3) is 0 Å². The van der Waals surface area contributed by atoms with Crippen molar-refractivity contribution < 1.29 is 34.0 Å². The van der Waals surface area contributed by atoms with Crippen molar-refractivity contribution >= 4 is 11.9 Å². The van der Waals surface area contributed by atoms with Crippen LogP contribution in [0.4, 0.5) is 0 Å². The van der Waals surface area contributed by atoms with E-state index in [9.17, 15) is 19.8 Å². The second-order valence-corrected chi connectivity index (χ2v) is 15.8. The van der Waals surface area contributed by atoms with Crippen molar-refractivity contribution in [1.29, 1.82) is 0 Å². The highest BCUT2D eigenvalue weighted by Gasteiger charge is 2.70. The highest BCUT2D eigenvalue weighted by atomic mass is 16.6. The van der Waals surface area contributed by atoms with Crippen LogP contribution >= 0.6 is 0 Å². The molecule has 45 heavy (non-hydrogen) atoms. The van der Waals surface area contributed by atoms with Crippen molar-refractivity contribution in [3.8, 4) is 0 Å². The van der Waals surface area contributed by atoms with Crippen LogP contribution < -0.4 is 11.1 Å². The number of fused-ring (bicyclic) bond motifs is 3. The second kappa shape index (κ2) is 13.5. The van der Waals surface area contributed by atoms with Gasteiger partial charge >= 0.3 is 11.9 Å². The van der Waals surface area contributed by atoms with E-state index < -0.39 is 11.2 Å². The molecule has 0 radical (unpaired) electrons. The van der Waals surface area contributed by atoms with Crippen LogP contribution in [0.25, 0.3) is 0 Å². The number of aliphatic hydroxyl groups excluding tert-OH is 2. The number of piperidine rings is 1. The van der Waals surface area contributed by atoms with Gasteiger partial charge in [-0.2, -0.15) is 0 Å². The van der Waals surface area contributed by atoms with E-state index in [0.717, 1.165) is 45.1 Å². The molecule has 0 bridgehead atoms. The molecule has 1 spiro atoms. The highest BCUT2D eigenvalue weighted by molar-refractivity contribution is 5.88. The van der Waals surface area contributed by atoms with Gasteiger partial charge in [-0.15, -0.1) is 0 Å². The van der Waals surface area contributed by atoms with Crippen LogP contribution in [0.3, 0.4) is 0 Å². The van der Waals surface area contributed by atoms with Crippen LogP contribution in [-0.2, 0) is 23.8 Å². The Morgan fingerprint density at radius 2 is 1.87 bits per heavy atom. The first-order valence-corrected chi connectivity index (χ1v) is 18.1. The number of rotatable bonds is 8. The van der Waals surface area contributed by atoms with Crippen molar-refractivity contribution in [1.82, 2.24) is 5.32 Å². The summed E-state index contributed by atoms with van der Waals surface area (Å²) in [6.45, 7) is 6.72. The zero-order valence-corrected chi connectivity index (χ0v) is 27.8. The van der Waals surface area contributed by atoms with Crippen molar-refractivity contribution in [2.75, 3.05) is 19.8 Å². The lowest BCUT2D eigenvalue weighted by Gasteiger charge is -2.61. The van der Waals surface area contributed by atoms with E-state index >= 15 is 0 Å². The summed E-state index contributed by atoms with van der Waals surface area (Å²) in [5, 5.41) is 22.8. The Bertz CT molecular complexity index is 1110. The minimum atomic E-state index is -0.766. The number of hydrogen-bond donors (Lipinski definition) is 4. The summed E-state index contributed by atoms with van der Waals surface area (Å²) in [6, 6.07) is 0. The normalized spacial score (nSPS) is 45.6. The molecule has 6 aliphatic rings. The molecule has 0 aromatic carbocycles. The largest absolute Gasteiger partial charge is 0.462 e. The van der Waals surface area contributed by atoms with Crippen LogP contribution in [0, 0.1) is 47.3 Å². The molecule has 6 fully saturated rings. The van der Waals surface area contributed by atoms with Crippen LogP contribution in [0.15, 0.2) is 11.6 Å². The van der Waals surface area contributed by atoms with E-state index in [0.29, 0.717) is 48.5 Å². The average molecular weight is 631 g/mol. The van der Waals surface area contributed by atoms with Crippen molar-refractivity contribution in [2.45, 2.75) is 134 Å². The van der Waals surface area contributed by atoms with E-state index in [1.807, 2.05) is 19.9 Å². The molecule has 254 valence electrons. The number of hydrogen-bond acceptors (Lipinski definition) is 9. The molecule has 13 atom stereocenters. The SMILES string of the molecule is CC=C(C)C(=O)O[C@]1(C)CC2CCCCC2[C@@H](C2CCC(N)NC2)[C@@]12CC1CC3CC(C[C@H](CO)CCO)C(=O)OC3CC1O2. The molecule has 9 heteroatoms. The molecule has 3 saturated carbocycles. The third kappa shape index (κ3) is 6.26. The summed E-state index contributed by atoms with van der Waals surface area (Å²) in [5.74, 6) is 1.46. The maximum Gasteiger partial charge on any atom is 0.334 e. The lowest BCUT2D eigenvalue weighted by Crippen LogP contribution is -2.68. The van der Waals surface area contributed by atoms with Crippen LogP contribution in [0.5, 0.6) is 0 Å². The summed E-state index contributed by atoms with van der Waals surface area (Å²) in [7, 11) is 0. The Morgan fingerprint density at radius 3 is 2.58 bits per heavy atom. The fourth-order valence-electron chi connectivity index (χ4n) is 10.9. The Balaban J connectivity index is 1.32. The summed E-state index contributed by atoms with van der Waals surface area (Å²) in [6.07, 6.45) is 13.5. The number of carbonyl (C=O) groups excluding carboxylic acids is 2. The molecule has 0 aromatic rings. The summed E-state index contributed by atoms with van der Waals surface area (Å²) >= 11 is 0. The molecule has 0 amide bonds. The van der Waals surface area contributed by atoms with Gasteiger partial charge in [0.1, 0.15) is 17.3 Å². The first kappa shape index (κ1) is 33.4. The number of carbonyl (C=O) groups is 2. The molecule has 3 aliphatic carbocycles. The number of nitrogens with one attached hydrogen (secondary N) is 1. The van der Waals surface area contributed by atoms with Gasteiger partial charge in [0.2, 0.25) is 0 Å². The molecule has 0 aromatic heterocycles. The highest BCUT2D eigenvalue weighted by Crippen LogP contribution is 2.64. The molecule has 3 aliphatic heterocycles. The number of aliphatic hydroxyl groups is 2. The lowest BCUT2D eigenvalue weighted by molar-refractivity contribution is -0.266. The van der Waals surface area contributed by atoms with Gasteiger partial charge in [-0.05, 0) is 127 Å². The van der Waals surface area contributed by atoms with E-state index in [1.165, 1.54) is 25.7 Å². The Hall–Kier alpha value is -1.52. The van der Waals surface area contributed by atoms with E-state index in [1.54, 1.807) is 0 Å². The maximum atomic E-state index is 13.6. The predicted molar refractivity (Wildman–Crippen MR) is 170 cm³/mol. The van der Waals surface area contributed by atoms with Crippen LogP contribution in [-0.4, -0.2) is 71.5 Å². The predicted octanol–water partition coefficient (Wildman–Crippen LogP) is 4.23. The average Bonchev–Trinajstić information content (AvgIpc) is 3.40. The van der Waals surface area contributed by atoms with E-state index in [2.05, 4.69) is 12.2 Å². The molecule has 9 unspecified atom stereocenters. The number of allylic oxidation sites excluding steroid dienone is 1. The monoisotopic (exact) mass is 630 g/mol. The quantitative estimate of drug-likeness (QED) is 0.229. The molecule has 3 heterocycles. The van der Waals surface area contributed by atoms with Crippen molar-refractivity contribution in [3.63, 3.8) is 0 Å². The van der Waals surface area contributed by atoms with Gasteiger partial charge in [0.15, 0.2) is 0 Å². The molecular weight excluding hydrogens is 572 g/mol. The fourth-order valence-corrected chi connectivity index (χ4v) is 10.9. The van der Waals surface area contributed by atoms with Gasteiger partial charge in [-0.3, -0.25) is 4.79 Å². The van der Waals surface area contributed by atoms with Crippen molar-refractivity contribution in [2.24, 2.45) is 53.1 Å². The summed E-state index contributed by atoms with van der Waals surface area (Å²) < 4.78 is 20.3. The van der Waals surface area contributed by atoms with Crippen molar-refractivity contribution in [3.05, 3.63) is 11.6 Å². The van der Waals surface area contributed by atoms with Crippen LogP contribution in [0.1, 0.15) is 104 Å². The molecule has 3 saturated heterocycles. The number of ether oxygens (including phenoxy) is 3. The van der Waals surface area contributed by atoms with E-state index in [-0.39, 0.29) is 67.2 Å². The Labute approximate surface area is 269 Å². The van der Waals surface area contributed by atoms with Gasteiger partial charge < -0.3 is 35.5 Å². The molecule has 6 rings (SSSR count).